The second-order valence-electron chi connectivity index (χ2n) is 6.21. The number of hydrogen-bond donors (Lipinski definition) is 0. The summed E-state index contributed by atoms with van der Waals surface area (Å²) < 4.78 is 2.44. The van der Waals surface area contributed by atoms with E-state index in [-0.39, 0.29) is 0 Å². The van der Waals surface area contributed by atoms with Crippen LogP contribution in [0.1, 0.15) is 54.4 Å². The van der Waals surface area contributed by atoms with Gasteiger partial charge in [0.25, 0.3) is 0 Å². The third kappa shape index (κ3) is 4.18. The molecule has 1 unspecified atom stereocenters. The average molecular weight is 445 g/mol. The first-order chi connectivity index (χ1) is 8.92. The van der Waals surface area contributed by atoms with Crippen molar-refractivity contribution in [1.29, 1.82) is 0 Å². The van der Waals surface area contributed by atoms with Gasteiger partial charge in [-0.25, -0.2) is 0 Å². The van der Waals surface area contributed by atoms with Gasteiger partial charge < -0.3 is 0 Å². The van der Waals surface area contributed by atoms with Crippen LogP contribution < -0.4 is 0 Å². The second kappa shape index (κ2) is 7.62. The van der Waals surface area contributed by atoms with Crippen molar-refractivity contribution in [2.45, 2.75) is 57.8 Å². The molecule has 1 heteroatoms. The Morgan fingerprint density at radius 1 is 1.47 bits per heavy atom. The molecular formula is C18H28Hg. The number of hydrogen-bond acceptors (Lipinski definition) is 0. The third-order valence-corrected chi connectivity index (χ3v) is 10.7. The molecule has 1 atom stereocenters. The molecule has 0 amide bonds. The van der Waals surface area contributed by atoms with Gasteiger partial charge in [0.2, 0.25) is 0 Å². The predicted molar refractivity (Wildman–Crippen MR) is 82.9 cm³/mol. The maximum absolute atomic E-state index is 4.42. The van der Waals surface area contributed by atoms with E-state index in [1.807, 2.05) is 0 Å². The van der Waals surface area contributed by atoms with Gasteiger partial charge in [-0.2, -0.15) is 0 Å². The van der Waals surface area contributed by atoms with Crippen molar-refractivity contribution < 1.29 is 24.6 Å². The third-order valence-electron chi connectivity index (χ3n) is 4.12. The fourth-order valence-corrected chi connectivity index (χ4v) is 9.16. The minimum atomic E-state index is -0.976. The molecule has 0 fully saturated rings. The zero-order valence-corrected chi connectivity index (χ0v) is 19.1. The van der Waals surface area contributed by atoms with Crippen molar-refractivity contribution in [1.82, 2.24) is 0 Å². The Kier molecular flexibility index (Phi) is 6.79. The molecule has 1 rings (SSSR count). The van der Waals surface area contributed by atoms with Gasteiger partial charge >= 0.3 is 132 Å². The van der Waals surface area contributed by atoms with Crippen LogP contribution in [-0.4, -0.2) is 0 Å². The van der Waals surface area contributed by atoms with Crippen LogP contribution in [0.3, 0.4) is 0 Å². The van der Waals surface area contributed by atoms with Crippen LogP contribution in [0.25, 0.3) is 0 Å². The molecule has 0 aromatic rings. The standard InChI is InChI=1S/C15H21.C3H7.Hg/c1-6-9-14-12(5)13(8-3)10-15(14)11(4)7-2;1-3-2;/h7,10,14H,3,6,9H2,1-2,4-5H3;3H,1-2H3;/b11-7+;;. The summed E-state index contributed by atoms with van der Waals surface area (Å²) in [5, 5.41) is 0. The van der Waals surface area contributed by atoms with E-state index in [1.165, 1.54) is 27.1 Å². The van der Waals surface area contributed by atoms with Gasteiger partial charge in [-0.15, -0.1) is 0 Å². The predicted octanol–water partition coefficient (Wildman–Crippen LogP) is 6.05. The van der Waals surface area contributed by atoms with E-state index >= 15 is 0 Å². The summed E-state index contributed by atoms with van der Waals surface area (Å²) in [4.78, 5) is 0. The van der Waals surface area contributed by atoms with Gasteiger partial charge in [0.1, 0.15) is 0 Å². The second-order valence-corrected chi connectivity index (χ2v) is 17.5. The molecule has 0 aliphatic heterocycles. The van der Waals surface area contributed by atoms with E-state index in [0.717, 1.165) is 3.43 Å². The molecule has 0 saturated carbocycles. The molecule has 0 radical (unpaired) electrons. The Balaban J connectivity index is 3.08. The van der Waals surface area contributed by atoms with Gasteiger partial charge in [-0.3, -0.25) is 0 Å². The summed E-state index contributed by atoms with van der Waals surface area (Å²) in [7, 11) is 0. The Morgan fingerprint density at radius 2 is 2.11 bits per heavy atom. The van der Waals surface area contributed by atoms with E-state index in [2.05, 4.69) is 60.3 Å². The zero-order valence-electron chi connectivity index (χ0n) is 13.6. The SMILES string of the molecule is C=[C]([Hg][CH](C)C)C1=C(C)C(CCC)C(/C(C)=C/C)=C1. The molecule has 0 spiro atoms. The first-order valence-electron chi connectivity index (χ1n) is 7.66. The van der Waals surface area contributed by atoms with Crippen LogP contribution in [0.15, 0.2) is 44.1 Å². The zero-order chi connectivity index (χ0) is 14.6. The molecule has 0 N–H and O–H groups in total. The van der Waals surface area contributed by atoms with E-state index in [1.54, 1.807) is 11.1 Å². The molecule has 19 heavy (non-hydrogen) atoms. The first-order valence-corrected chi connectivity index (χ1v) is 13.6. The van der Waals surface area contributed by atoms with Gasteiger partial charge in [-0.05, 0) is 0 Å². The number of rotatable bonds is 6. The summed E-state index contributed by atoms with van der Waals surface area (Å²) in [5.41, 5.74) is 6.10. The van der Waals surface area contributed by atoms with Gasteiger partial charge in [0.05, 0.1) is 0 Å². The average Bonchev–Trinajstić information content (AvgIpc) is 2.66. The summed E-state index contributed by atoms with van der Waals surface area (Å²) in [6.07, 6.45) is 7.23. The van der Waals surface area contributed by atoms with E-state index in [0.29, 0.717) is 5.92 Å². The molecular weight excluding hydrogens is 417 g/mol. The van der Waals surface area contributed by atoms with Crippen molar-refractivity contribution in [2.75, 3.05) is 0 Å². The van der Waals surface area contributed by atoms with Gasteiger partial charge in [-0.1, -0.05) is 0 Å². The molecule has 0 nitrogen and oxygen atoms in total. The van der Waals surface area contributed by atoms with Crippen molar-refractivity contribution in [3.05, 3.63) is 44.1 Å². The van der Waals surface area contributed by atoms with Crippen LogP contribution in [0, 0.1) is 5.92 Å². The van der Waals surface area contributed by atoms with Crippen molar-refractivity contribution >= 4 is 0 Å². The van der Waals surface area contributed by atoms with Crippen molar-refractivity contribution in [2.24, 2.45) is 5.92 Å². The molecule has 102 valence electrons. The molecule has 0 heterocycles. The summed E-state index contributed by atoms with van der Waals surface area (Å²) in [6.45, 7) is 18.2. The fourth-order valence-electron chi connectivity index (χ4n) is 2.99. The van der Waals surface area contributed by atoms with E-state index in [4.69, 9.17) is 0 Å². The minimum absolute atomic E-state index is 0.647. The topological polar surface area (TPSA) is 0 Å². The first kappa shape index (κ1) is 16.9. The van der Waals surface area contributed by atoms with Gasteiger partial charge in [0, 0.05) is 0 Å². The fraction of sp³-hybridized carbons (Fsp3) is 0.556. The van der Waals surface area contributed by atoms with Crippen LogP contribution in [-0.2, 0) is 24.6 Å². The molecule has 1 aliphatic rings. The monoisotopic (exact) mass is 446 g/mol. The molecule has 0 aromatic heterocycles. The summed E-state index contributed by atoms with van der Waals surface area (Å²) in [6, 6.07) is 0. The van der Waals surface area contributed by atoms with Crippen molar-refractivity contribution in [3.63, 3.8) is 0 Å². The van der Waals surface area contributed by atoms with E-state index < -0.39 is 24.6 Å². The quantitative estimate of drug-likeness (QED) is 0.437. The normalized spacial score (nSPS) is 19.8. The summed E-state index contributed by atoms with van der Waals surface area (Å²) in [5.74, 6) is 0.647. The molecule has 0 saturated heterocycles. The van der Waals surface area contributed by atoms with Crippen LogP contribution in [0.4, 0.5) is 0 Å². The Bertz CT molecular complexity index is 433. The maximum atomic E-state index is 4.42. The Morgan fingerprint density at radius 3 is 2.58 bits per heavy atom. The van der Waals surface area contributed by atoms with Crippen LogP contribution >= 0.6 is 0 Å². The Hall–Kier alpha value is -0.105. The van der Waals surface area contributed by atoms with Crippen molar-refractivity contribution in [3.8, 4) is 0 Å². The summed E-state index contributed by atoms with van der Waals surface area (Å²) >= 11 is -0.976. The van der Waals surface area contributed by atoms with Crippen LogP contribution in [0.2, 0.25) is 3.43 Å². The molecule has 0 aromatic carbocycles. The van der Waals surface area contributed by atoms with Crippen LogP contribution in [0.5, 0.6) is 0 Å². The van der Waals surface area contributed by atoms with Gasteiger partial charge in [0.15, 0.2) is 0 Å². The van der Waals surface area contributed by atoms with E-state index in [9.17, 15) is 0 Å². The molecule has 0 bridgehead atoms. The molecule has 1 aliphatic carbocycles. The Labute approximate surface area is 132 Å². The number of allylic oxidation sites excluding steroid dienone is 7.